The van der Waals surface area contributed by atoms with Crippen molar-refractivity contribution in [3.63, 3.8) is 0 Å². The van der Waals surface area contributed by atoms with Crippen molar-refractivity contribution >= 4 is 0 Å². The molecule has 21 heavy (non-hydrogen) atoms. The lowest BCUT2D eigenvalue weighted by atomic mass is 9.94. The highest BCUT2D eigenvalue weighted by atomic mass is 16.3. The van der Waals surface area contributed by atoms with Crippen LogP contribution in [0.4, 0.5) is 0 Å². The molecule has 0 spiro atoms. The van der Waals surface area contributed by atoms with Crippen LogP contribution in [0.5, 0.6) is 0 Å². The number of hydrogen-bond acceptors (Lipinski definition) is 2. The first-order valence-electron chi connectivity index (χ1n) is 8.71. The molecule has 1 N–H and O–H groups in total. The molecule has 3 heteroatoms. The van der Waals surface area contributed by atoms with E-state index in [0.29, 0.717) is 12.5 Å². The van der Waals surface area contributed by atoms with Gasteiger partial charge in [-0.15, -0.1) is 0 Å². The van der Waals surface area contributed by atoms with Crippen molar-refractivity contribution < 1.29 is 5.11 Å². The zero-order chi connectivity index (χ0) is 14.5. The van der Waals surface area contributed by atoms with Gasteiger partial charge in [-0.05, 0) is 51.0 Å². The summed E-state index contributed by atoms with van der Waals surface area (Å²) < 4.78 is 2.14. The Hall–Kier alpha value is -1.09. The van der Waals surface area contributed by atoms with Crippen LogP contribution in [-0.2, 0) is 6.42 Å². The number of nitrogens with zero attached hydrogens (tertiary/aromatic N) is 2. The molecule has 1 atom stereocenters. The van der Waals surface area contributed by atoms with Crippen molar-refractivity contribution in [3.05, 3.63) is 29.6 Å². The van der Waals surface area contributed by atoms with E-state index in [1.165, 1.54) is 63.4 Å². The fourth-order valence-corrected chi connectivity index (χ4v) is 3.74. The van der Waals surface area contributed by atoms with Gasteiger partial charge in [-0.25, -0.2) is 0 Å². The van der Waals surface area contributed by atoms with Gasteiger partial charge in [0.2, 0.25) is 0 Å². The molecule has 1 aromatic heterocycles. The van der Waals surface area contributed by atoms with Gasteiger partial charge in [-0.2, -0.15) is 5.10 Å². The first-order chi connectivity index (χ1) is 10.3. The van der Waals surface area contributed by atoms with Gasteiger partial charge in [0.25, 0.3) is 0 Å². The minimum Gasteiger partial charge on any atom is -0.392 e. The van der Waals surface area contributed by atoms with E-state index in [-0.39, 0.29) is 6.10 Å². The normalized spacial score (nSPS) is 22.0. The molecular weight excluding hydrogens is 260 g/mol. The Labute approximate surface area is 128 Å². The molecule has 2 aliphatic carbocycles. The second-order valence-electron chi connectivity index (χ2n) is 6.75. The van der Waals surface area contributed by atoms with Gasteiger partial charge in [0, 0.05) is 12.6 Å². The highest BCUT2D eigenvalue weighted by Gasteiger charge is 2.17. The van der Waals surface area contributed by atoms with Crippen LogP contribution in [0, 0.1) is 0 Å². The fourth-order valence-electron chi connectivity index (χ4n) is 3.74. The van der Waals surface area contributed by atoms with E-state index in [1.807, 2.05) is 0 Å². The Morgan fingerprint density at radius 3 is 2.76 bits per heavy atom. The van der Waals surface area contributed by atoms with Gasteiger partial charge in [-0.1, -0.05) is 30.9 Å². The Kier molecular flexibility index (Phi) is 5.13. The number of aromatic nitrogens is 2. The largest absolute Gasteiger partial charge is 0.392 e. The average molecular weight is 288 g/mol. The summed E-state index contributed by atoms with van der Waals surface area (Å²) in [5.41, 5.74) is 2.49. The summed E-state index contributed by atoms with van der Waals surface area (Å²) in [6.07, 6.45) is 17.2. The molecular formula is C18H28N2O. The Balaban J connectivity index is 1.52. The summed E-state index contributed by atoms with van der Waals surface area (Å²) in [5, 5.41) is 15.0. The maximum absolute atomic E-state index is 10.3. The highest BCUT2D eigenvalue weighted by molar-refractivity contribution is 5.08. The van der Waals surface area contributed by atoms with Crippen molar-refractivity contribution in [2.45, 2.75) is 82.8 Å². The Morgan fingerprint density at radius 1 is 1.14 bits per heavy atom. The zero-order valence-corrected chi connectivity index (χ0v) is 13.0. The van der Waals surface area contributed by atoms with Gasteiger partial charge < -0.3 is 5.11 Å². The fraction of sp³-hybridized carbons (Fsp3) is 0.722. The van der Waals surface area contributed by atoms with Crippen LogP contribution in [0.2, 0.25) is 0 Å². The van der Waals surface area contributed by atoms with E-state index in [2.05, 4.69) is 23.0 Å². The molecule has 2 aliphatic rings. The Morgan fingerprint density at radius 2 is 2.00 bits per heavy atom. The van der Waals surface area contributed by atoms with E-state index in [0.717, 1.165) is 12.1 Å². The van der Waals surface area contributed by atoms with Crippen LogP contribution in [-0.4, -0.2) is 21.0 Å². The molecule has 1 heterocycles. The van der Waals surface area contributed by atoms with Gasteiger partial charge in [0.15, 0.2) is 0 Å². The third kappa shape index (κ3) is 4.19. The summed E-state index contributed by atoms with van der Waals surface area (Å²) in [7, 11) is 0. The van der Waals surface area contributed by atoms with E-state index >= 15 is 0 Å². The first kappa shape index (κ1) is 14.8. The summed E-state index contributed by atoms with van der Waals surface area (Å²) in [6.45, 7) is 0. The lowest BCUT2D eigenvalue weighted by Gasteiger charge is -2.21. The van der Waals surface area contributed by atoms with E-state index in [4.69, 9.17) is 5.10 Å². The minimum atomic E-state index is -0.274. The van der Waals surface area contributed by atoms with Crippen LogP contribution >= 0.6 is 0 Å². The SMILES string of the molecule is OC(CC1=CCCCC1)Cc1ccn(C2CCCCC2)n1. The lowest BCUT2D eigenvalue weighted by molar-refractivity contribution is 0.172. The van der Waals surface area contributed by atoms with Gasteiger partial charge in [0.1, 0.15) is 0 Å². The number of rotatable bonds is 5. The van der Waals surface area contributed by atoms with Crippen LogP contribution < -0.4 is 0 Å². The topological polar surface area (TPSA) is 38.0 Å². The summed E-state index contributed by atoms with van der Waals surface area (Å²) in [5.74, 6) is 0. The van der Waals surface area contributed by atoms with Crippen molar-refractivity contribution in [2.75, 3.05) is 0 Å². The van der Waals surface area contributed by atoms with E-state index in [1.54, 1.807) is 0 Å². The molecule has 116 valence electrons. The average Bonchev–Trinajstić information content (AvgIpc) is 2.97. The standard InChI is InChI=1S/C18H28N2O/c21-18(13-15-7-3-1-4-8-15)14-16-11-12-20(19-16)17-9-5-2-6-10-17/h7,11-12,17-18,21H,1-6,8-10,13-14H2. The third-order valence-electron chi connectivity index (χ3n) is 4.94. The summed E-state index contributed by atoms with van der Waals surface area (Å²) >= 11 is 0. The number of aliphatic hydroxyl groups is 1. The molecule has 0 saturated heterocycles. The molecule has 1 unspecified atom stereocenters. The van der Waals surface area contributed by atoms with Gasteiger partial charge in [0.05, 0.1) is 17.8 Å². The minimum absolute atomic E-state index is 0.274. The van der Waals surface area contributed by atoms with Crippen molar-refractivity contribution in [1.29, 1.82) is 0 Å². The molecule has 0 aromatic carbocycles. The van der Waals surface area contributed by atoms with E-state index in [9.17, 15) is 5.11 Å². The predicted molar refractivity (Wildman–Crippen MR) is 85.2 cm³/mol. The molecule has 3 nitrogen and oxygen atoms in total. The molecule has 3 rings (SSSR count). The molecule has 0 bridgehead atoms. The van der Waals surface area contributed by atoms with Crippen molar-refractivity contribution in [2.24, 2.45) is 0 Å². The van der Waals surface area contributed by atoms with E-state index < -0.39 is 0 Å². The maximum Gasteiger partial charge on any atom is 0.0650 e. The number of aliphatic hydroxyl groups excluding tert-OH is 1. The van der Waals surface area contributed by atoms with Crippen LogP contribution in [0.1, 0.15) is 75.9 Å². The van der Waals surface area contributed by atoms with Crippen molar-refractivity contribution in [1.82, 2.24) is 9.78 Å². The molecule has 1 aromatic rings. The summed E-state index contributed by atoms with van der Waals surface area (Å²) in [6, 6.07) is 2.68. The second-order valence-corrected chi connectivity index (χ2v) is 6.75. The van der Waals surface area contributed by atoms with Crippen LogP contribution in [0.15, 0.2) is 23.9 Å². The molecule has 1 saturated carbocycles. The zero-order valence-electron chi connectivity index (χ0n) is 13.0. The van der Waals surface area contributed by atoms with Crippen LogP contribution in [0.3, 0.4) is 0 Å². The maximum atomic E-state index is 10.3. The van der Waals surface area contributed by atoms with Gasteiger partial charge in [-0.3, -0.25) is 4.68 Å². The quantitative estimate of drug-likeness (QED) is 0.825. The molecule has 0 amide bonds. The molecule has 0 radical (unpaired) electrons. The van der Waals surface area contributed by atoms with Crippen molar-refractivity contribution in [3.8, 4) is 0 Å². The molecule has 1 fully saturated rings. The van der Waals surface area contributed by atoms with Gasteiger partial charge >= 0.3 is 0 Å². The number of allylic oxidation sites excluding steroid dienone is 1. The highest BCUT2D eigenvalue weighted by Crippen LogP contribution is 2.28. The Bertz CT molecular complexity index is 471. The lowest BCUT2D eigenvalue weighted by Crippen LogP contribution is -2.15. The summed E-state index contributed by atoms with van der Waals surface area (Å²) in [4.78, 5) is 0. The first-order valence-corrected chi connectivity index (χ1v) is 8.71. The monoisotopic (exact) mass is 288 g/mol. The van der Waals surface area contributed by atoms with Crippen LogP contribution in [0.25, 0.3) is 0 Å². The predicted octanol–water partition coefficient (Wildman–Crippen LogP) is 4.18. The number of hydrogen-bond donors (Lipinski definition) is 1. The molecule has 0 aliphatic heterocycles. The second kappa shape index (κ2) is 7.26. The third-order valence-corrected chi connectivity index (χ3v) is 4.94. The smallest absolute Gasteiger partial charge is 0.0650 e.